The molecule has 0 unspecified atom stereocenters. The zero-order valence-electron chi connectivity index (χ0n) is 16.4. The van der Waals surface area contributed by atoms with Crippen LogP contribution in [0.4, 0.5) is 0 Å². The molecule has 0 radical (unpaired) electrons. The number of ether oxygens (including phenoxy) is 1. The minimum atomic E-state index is 0.447. The number of aryl methyl sites for hydroxylation is 1. The average molecular weight is 373 g/mol. The first-order valence-electron chi connectivity index (χ1n) is 10.2. The van der Waals surface area contributed by atoms with Gasteiger partial charge in [-0.1, -0.05) is 31.7 Å². The highest BCUT2D eigenvalue weighted by Crippen LogP contribution is 2.19. The van der Waals surface area contributed by atoms with Crippen LogP contribution in [-0.2, 0) is 11.2 Å². The molecular formula is C20H32N6O. The van der Waals surface area contributed by atoms with Crippen molar-refractivity contribution in [1.82, 2.24) is 25.2 Å². The van der Waals surface area contributed by atoms with E-state index in [1.54, 1.807) is 7.05 Å². The number of aromatic nitrogens is 3. The summed E-state index contributed by atoms with van der Waals surface area (Å²) in [5.74, 6) is 1.82. The maximum Gasteiger partial charge on any atom is 0.191 e. The highest BCUT2D eigenvalue weighted by Gasteiger charge is 2.12. The number of aliphatic imine (C=N–C) groups is 1. The lowest BCUT2D eigenvalue weighted by Gasteiger charge is -2.16. The maximum absolute atomic E-state index is 6.01. The summed E-state index contributed by atoms with van der Waals surface area (Å²) in [7, 11) is 1.80. The lowest BCUT2D eigenvalue weighted by molar-refractivity contribution is 0.0468. The molecule has 0 aliphatic heterocycles. The first-order chi connectivity index (χ1) is 13.4. The van der Waals surface area contributed by atoms with Gasteiger partial charge >= 0.3 is 0 Å². The van der Waals surface area contributed by atoms with Gasteiger partial charge in [-0.2, -0.15) is 0 Å². The number of hydrogen-bond donors (Lipinski definition) is 2. The highest BCUT2D eigenvalue weighted by atomic mass is 16.5. The summed E-state index contributed by atoms with van der Waals surface area (Å²) in [5.41, 5.74) is 0.895. The van der Waals surface area contributed by atoms with Gasteiger partial charge in [0.1, 0.15) is 5.82 Å². The summed E-state index contributed by atoms with van der Waals surface area (Å²) in [4.78, 5) is 4.28. The number of hydrogen-bond acceptors (Lipinski definition) is 4. The van der Waals surface area contributed by atoms with Crippen LogP contribution in [0.3, 0.4) is 0 Å². The summed E-state index contributed by atoms with van der Waals surface area (Å²) in [5, 5.41) is 15.1. The van der Waals surface area contributed by atoms with Crippen molar-refractivity contribution < 1.29 is 4.74 Å². The SMILES string of the molecule is CN=C(NCCCc1nnc2ccccn12)NCCOC1CCCCCC1. The van der Waals surface area contributed by atoms with E-state index in [1.165, 1.54) is 38.5 Å². The van der Waals surface area contributed by atoms with Gasteiger partial charge in [0.25, 0.3) is 0 Å². The first-order valence-corrected chi connectivity index (χ1v) is 10.2. The molecular weight excluding hydrogens is 340 g/mol. The molecule has 0 spiro atoms. The average Bonchev–Trinajstić information content (AvgIpc) is 2.93. The van der Waals surface area contributed by atoms with E-state index in [-0.39, 0.29) is 0 Å². The maximum atomic E-state index is 6.01. The van der Waals surface area contributed by atoms with Gasteiger partial charge in [0.05, 0.1) is 12.7 Å². The van der Waals surface area contributed by atoms with Gasteiger partial charge in [-0.05, 0) is 31.4 Å². The van der Waals surface area contributed by atoms with Gasteiger partial charge < -0.3 is 15.4 Å². The molecule has 148 valence electrons. The van der Waals surface area contributed by atoms with E-state index in [0.717, 1.165) is 50.0 Å². The van der Waals surface area contributed by atoms with E-state index < -0.39 is 0 Å². The molecule has 1 saturated carbocycles. The molecule has 0 atom stereocenters. The lowest BCUT2D eigenvalue weighted by atomic mass is 10.1. The summed E-state index contributed by atoms with van der Waals surface area (Å²) < 4.78 is 8.05. The highest BCUT2D eigenvalue weighted by molar-refractivity contribution is 5.79. The Morgan fingerprint density at radius 2 is 1.96 bits per heavy atom. The van der Waals surface area contributed by atoms with E-state index in [2.05, 4.69) is 25.8 Å². The molecule has 2 N–H and O–H groups in total. The number of nitrogens with one attached hydrogen (secondary N) is 2. The topological polar surface area (TPSA) is 75.8 Å². The van der Waals surface area contributed by atoms with Crippen LogP contribution in [0.2, 0.25) is 0 Å². The van der Waals surface area contributed by atoms with Crippen LogP contribution >= 0.6 is 0 Å². The van der Waals surface area contributed by atoms with Crippen molar-refractivity contribution in [1.29, 1.82) is 0 Å². The van der Waals surface area contributed by atoms with E-state index in [9.17, 15) is 0 Å². The molecule has 3 rings (SSSR count). The van der Waals surface area contributed by atoms with E-state index in [0.29, 0.717) is 6.10 Å². The zero-order chi connectivity index (χ0) is 18.7. The van der Waals surface area contributed by atoms with Gasteiger partial charge in [0, 0.05) is 32.8 Å². The van der Waals surface area contributed by atoms with Gasteiger partial charge in [-0.3, -0.25) is 9.39 Å². The summed E-state index contributed by atoms with van der Waals surface area (Å²) in [6.45, 7) is 2.35. The minimum Gasteiger partial charge on any atom is -0.376 e. The second-order valence-electron chi connectivity index (χ2n) is 7.06. The van der Waals surface area contributed by atoms with E-state index in [4.69, 9.17) is 4.74 Å². The molecule has 1 aliphatic carbocycles. The van der Waals surface area contributed by atoms with Crippen LogP contribution in [0.15, 0.2) is 29.4 Å². The predicted molar refractivity (Wildman–Crippen MR) is 108 cm³/mol. The molecule has 2 aromatic rings. The molecule has 7 heteroatoms. The molecule has 0 saturated heterocycles. The van der Waals surface area contributed by atoms with E-state index >= 15 is 0 Å². The van der Waals surface area contributed by atoms with Crippen LogP contribution in [-0.4, -0.2) is 53.4 Å². The Bertz CT molecular complexity index is 705. The molecule has 2 aromatic heterocycles. The summed E-state index contributed by atoms with van der Waals surface area (Å²) in [6.07, 6.45) is 12.1. The Balaban J connectivity index is 1.30. The van der Waals surface area contributed by atoms with E-state index in [1.807, 2.05) is 28.8 Å². The third-order valence-corrected chi connectivity index (χ3v) is 5.03. The number of guanidine groups is 1. The van der Waals surface area contributed by atoms with Crippen molar-refractivity contribution in [3.8, 4) is 0 Å². The molecule has 7 nitrogen and oxygen atoms in total. The van der Waals surface area contributed by atoms with Crippen molar-refractivity contribution in [2.45, 2.75) is 57.5 Å². The molecule has 0 bridgehead atoms. The Kier molecular flexibility index (Phi) is 7.89. The van der Waals surface area contributed by atoms with Gasteiger partial charge in [0.2, 0.25) is 0 Å². The standard InChI is InChI=1S/C20H32N6O/c1-21-20(23-14-16-27-17-9-4-2-3-5-10-17)22-13-8-12-19-25-24-18-11-6-7-15-26(18)19/h6-7,11,15,17H,2-5,8-10,12-14,16H2,1H3,(H2,21,22,23). The van der Waals surface area contributed by atoms with Gasteiger partial charge in [-0.15, -0.1) is 10.2 Å². The minimum absolute atomic E-state index is 0.447. The third kappa shape index (κ3) is 6.20. The first kappa shape index (κ1) is 19.6. The second kappa shape index (κ2) is 10.9. The van der Waals surface area contributed by atoms with Crippen molar-refractivity contribution >= 4 is 11.6 Å². The third-order valence-electron chi connectivity index (χ3n) is 5.03. The molecule has 0 amide bonds. The smallest absolute Gasteiger partial charge is 0.191 e. The summed E-state index contributed by atoms with van der Waals surface area (Å²) in [6, 6.07) is 5.95. The van der Waals surface area contributed by atoms with Crippen LogP contribution in [0.5, 0.6) is 0 Å². The fraction of sp³-hybridized carbons (Fsp3) is 0.650. The summed E-state index contributed by atoms with van der Waals surface area (Å²) >= 11 is 0. The van der Waals surface area contributed by atoms with Crippen LogP contribution < -0.4 is 10.6 Å². The number of fused-ring (bicyclic) bond motifs is 1. The Morgan fingerprint density at radius 1 is 1.15 bits per heavy atom. The van der Waals surface area contributed by atoms with Crippen molar-refractivity contribution in [2.75, 3.05) is 26.7 Å². The fourth-order valence-electron chi connectivity index (χ4n) is 3.54. The normalized spacial score (nSPS) is 16.4. The zero-order valence-corrected chi connectivity index (χ0v) is 16.4. The van der Waals surface area contributed by atoms with Crippen molar-refractivity contribution in [3.63, 3.8) is 0 Å². The molecule has 1 aliphatic rings. The molecule has 0 aromatic carbocycles. The van der Waals surface area contributed by atoms with Crippen LogP contribution in [0.1, 0.15) is 50.8 Å². The number of rotatable bonds is 8. The Labute approximate surface area is 161 Å². The monoisotopic (exact) mass is 372 g/mol. The fourth-order valence-corrected chi connectivity index (χ4v) is 3.54. The van der Waals surface area contributed by atoms with Gasteiger partial charge in [0.15, 0.2) is 11.6 Å². The quantitative estimate of drug-likeness (QED) is 0.322. The number of nitrogens with zero attached hydrogens (tertiary/aromatic N) is 4. The van der Waals surface area contributed by atoms with Crippen LogP contribution in [0.25, 0.3) is 5.65 Å². The van der Waals surface area contributed by atoms with Crippen molar-refractivity contribution in [2.24, 2.45) is 4.99 Å². The largest absolute Gasteiger partial charge is 0.376 e. The number of pyridine rings is 1. The Hall–Kier alpha value is -2.15. The molecule has 1 fully saturated rings. The van der Waals surface area contributed by atoms with Crippen molar-refractivity contribution in [3.05, 3.63) is 30.2 Å². The second-order valence-corrected chi connectivity index (χ2v) is 7.06. The molecule has 27 heavy (non-hydrogen) atoms. The predicted octanol–water partition coefficient (Wildman–Crippen LogP) is 2.57. The van der Waals surface area contributed by atoms with Crippen LogP contribution in [0, 0.1) is 0 Å². The molecule has 2 heterocycles. The van der Waals surface area contributed by atoms with Gasteiger partial charge in [-0.25, -0.2) is 0 Å². The Morgan fingerprint density at radius 3 is 2.78 bits per heavy atom. The lowest BCUT2D eigenvalue weighted by Crippen LogP contribution is -2.39.